The molecule has 0 aliphatic carbocycles. The number of ketones is 2. The lowest BCUT2D eigenvalue weighted by molar-refractivity contribution is 0.0805. The normalized spacial score (nSPS) is 15.3. The lowest BCUT2D eigenvalue weighted by Gasteiger charge is -2.30. The fourth-order valence-corrected chi connectivity index (χ4v) is 4.00. The minimum Gasteiger partial charge on any atom is -0.296 e. The summed E-state index contributed by atoms with van der Waals surface area (Å²) in [4.78, 5) is 27.0. The van der Waals surface area contributed by atoms with Gasteiger partial charge in [0.2, 0.25) is 10.0 Å². The standard InChI is InChI=1S/C21H23FN2O4S.ClH/c1-29(27,28)23-19-8-4-16(5-9-19)21(26)17-10-12-24(13-11-17)14-20(25)15-2-6-18(22)7-3-15;/h2-9,17,23H,10-14H2,1H3;1H. The summed E-state index contributed by atoms with van der Waals surface area (Å²) in [5.41, 5.74) is 1.44. The lowest BCUT2D eigenvalue weighted by Crippen LogP contribution is -2.39. The van der Waals surface area contributed by atoms with E-state index in [1.807, 2.05) is 4.90 Å². The number of halogens is 2. The van der Waals surface area contributed by atoms with Gasteiger partial charge in [0.25, 0.3) is 0 Å². The van der Waals surface area contributed by atoms with Crippen molar-refractivity contribution in [1.82, 2.24) is 4.90 Å². The molecule has 0 amide bonds. The van der Waals surface area contributed by atoms with Crippen LogP contribution in [0.25, 0.3) is 0 Å². The molecule has 1 saturated heterocycles. The zero-order chi connectivity index (χ0) is 21.0. The summed E-state index contributed by atoms with van der Waals surface area (Å²) >= 11 is 0. The lowest BCUT2D eigenvalue weighted by atomic mass is 9.88. The van der Waals surface area contributed by atoms with Gasteiger partial charge < -0.3 is 0 Å². The molecule has 0 aromatic heterocycles. The van der Waals surface area contributed by atoms with Crippen LogP contribution in [0, 0.1) is 11.7 Å². The van der Waals surface area contributed by atoms with Crippen molar-refractivity contribution < 1.29 is 22.4 Å². The van der Waals surface area contributed by atoms with Gasteiger partial charge in [0.05, 0.1) is 12.8 Å². The van der Waals surface area contributed by atoms with Crippen LogP contribution in [-0.2, 0) is 10.0 Å². The number of Topliss-reactive ketones (excluding diaryl/α,β-unsaturated/α-hetero) is 2. The third kappa shape index (κ3) is 6.62. The van der Waals surface area contributed by atoms with Crippen LogP contribution in [0.4, 0.5) is 10.1 Å². The van der Waals surface area contributed by atoms with Gasteiger partial charge >= 0.3 is 0 Å². The van der Waals surface area contributed by atoms with E-state index in [1.165, 1.54) is 24.3 Å². The van der Waals surface area contributed by atoms with E-state index in [-0.39, 0.29) is 42.3 Å². The largest absolute Gasteiger partial charge is 0.296 e. The number of sulfonamides is 1. The van der Waals surface area contributed by atoms with Crippen LogP contribution in [0.3, 0.4) is 0 Å². The molecule has 6 nitrogen and oxygen atoms in total. The Balaban J connectivity index is 0.00000320. The van der Waals surface area contributed by atoms with Gasteiger partial charge in [-0.25, -0.2) is 12.8 Å². The van der Waals surface area contributed by atoms with Crippen molar-refractivity contribution in [3.8, 4) is 0 Å². The average Bonchev–Trinajstić information content (AvgIpc) is 2.68. The molecule has 0 bridgehead atoms. The van der Waals surface area contributed by atoms with Gasteiger partial charge in [-0.3, -0.25) is 19.2 Å². The topological polar surface area (TPSA) is 83.6 Å². The van der Waals surface area contributed by atoms with Gasteiger partial charge in [-0.15, -0.1) is 12.4 Å². The zero-order valence-electron chi connectivity index (χ0n) is 16.5. The number of nitrogens with zero attached hydrogens (tertiary/aromatic N) is 1. The monoisotopic (exact) mass is 454 g/mol. The molecular formula is C21H24ClFN2O4S. The summed E-state index contributed by atoms with van der Waals surface area (Å²) in [5, 5.41) is 0. The minimum absolute atomic E-state index is 0. The molecule has 0 radical (unpaired) electrons. The molecule has 30 heavy (non-hydrogen) atoms. The molecule has 1 aliphatic rings. The molecule has 162 valence electrons. The van der Waals surface area contributed by atoms with Crippen molar-refractivity contribution in [1.29, 1.82) is 0 Å². The number of benzene rings is 2. The van der Waals surface area contributed by atoms with E-state index in [4.69, 9.17) is 0 Å². The zero-order valence-corrected chi connectivity index (χ0v) is 18.1. The summed E-state index contributed by atoms with van der Waals surface area (Å²) < 4.78 is 37.9. The van der Waals surface area contributed by atoms with Crippen LogP contribution in [0.15, 0.2) is 48.5 Å². The number of nitrogens with one attached hydrogen (secondary N) is 1. The Hall–Kier alpha value is -2.29. The van der Waals surface area contributed by atoms with Crippen LogP contribution >= 0.6 is 12.4 Å². The number of hydrogen-bond donors (Lipinski definition) is 1. The SMILES string of the molecule is CS(=O)(=O)Nc1ccc(C(=O)C2CCN(CC(=O)c3ccc(F)cc3)CC2)cc1.Cl. The van der Waals surface area contributed by atoms with Crippen LogP contribution in [0.2, 0.25) is 0 Å². The molecule has 1 heterocycles. The number of carbonyl (C=O) groups is 2. The Labute approximate surface area is 181 Å². The summed E-state index contributed by atoms with van der Waals surface area (Å²) in [5.74, 6) is -0.536. The van der Waals surface area contributed by atoms with Gasteiger partial charge in [-0.2, -0.15) is 0 Å². The highest BCUT2D eigenvalue weighted by atomic mass is 35.5. The second-order valence-electron chi connectivity index (χ2n) is 7.30. The van der Waals surface area contributed by atoms with Gasteiger partial charge in [-0.05, 0) is 74.5 Å². The molecule has 0 saturated carbocycles. The number of rotatable bonds is 7. The van der Waals surface area contributed by atoms with Gasteiger partial charge in [-0.1, -0.05) is 0 Å². The summed E-state index contributed by atoms with van der Waals surface area (Å²) in [7, 11) is -3.36. The predicted molar refractivity (Wildman–Crippen MR) is 116 cm³/mol. The minimum atomic E-state index is -3.36. The van der Waals surface area contributed by atoms with Crippen molar-refractivity contribution in [2.45, 2.75) is 12.8 Å². The Kier molecular flexibility index (Phi) is 8.11. The van der Waals surface area contributed by atoms with E-state index in [9.17, 15) is 22.4 Å². The first-order chi connectivity index (χ1) is 13.7. The maximum atomic E-state index is 13.0. The van der Waals surface area contributed by atoms with E-state index in [2.05, 4.69) is 4.72 Å². The smallest absolute Gasteiger partial charge is 0.229 e. The fourth-order valence-electron chi connectivity index (χ4n) is 3.44. The second kappa shape index (κ2) is 10.1. The molecule has 1 N–H and O–H groups in total. The van der Waals surface area contributed by atoms with E-state index >= 15 is 0 Å². The molecule has 3 rings (SSSR count). The predicted octanol–water partition coefficient (Wildman–Crippen LogP) is 3.40. The first-order valence-electron chi connectivity index (χ1n) is 9.34. The van der Waals surface area contributed by atoms with E-state index in [1.54, 1.807) is 24.3 Å². The fraction of sp³-hybridized carbons (Fsp3) is 0.333. The van der Waals surface area contributed by atoms with Crippen molar-refractivity contribution in [2.24, 2.45) is 5.92 Å². The quantitative estimate of drug-likeness (QED) is 0.648. The average molecular weight is 455 g/mol. The van der Waals surface area contributed by atoms with Gasteiger partial charge in [0.15, 0.2) is 11.6 Å². The molecule has 1 fully saturated rings. The van der Waals surface area contributed by atoms with E-state index < -0.39 is 10.0 Å². The highest BCUT2D eigenvalue weighted by molar-refractivity contribution is 7.92. The Morgan fingerprint density at radius 3 is 2.07 bits per heavy atom. The molecule has 1 aliphatic heterocycles. The van der Waals surface area contributed by atoms with Crippen LogP contribution in [-0.4, -0.2) is 50.8 Å². The highest BCUT2D eigenvalue weighted by Gasteiger charge is 2.26. The third-order valence-electron chi connectivity index (χ3n) is 4.96. The van der Waals surface area contributed by atoms with Crippen LogP contribution in [0.1, 0.15) is 33.6 Å². The number of hydrogen-bond acceptors (Lipinski definition) is 5. The molecule has 9 heteroatoms. The summed E-state index contributed by atoms with van der Waals surface area (Å²) in [6.45, 7) is 1.52. The second-order valence-corrected chi connectivity index (χ2v) is 9.04. The van der Waals surface area contributed by atoms with E-state index in [0.29, 0.717) is 42.7 Å². The number of piperidine rings is 1. The molecule has 2 aromatic carbocycles. The first kappa shape index (κ1) is 24.0. The van der Waals surface area contributed by atoms with E-state index in [0.717, 1.165) is 6.26 Å². The Morgan fingerprint density at radius 1 is 1.00 bits per heavy atom. The maximum absolute atomic E-state index is 13.0. The van der Waals surface area contributed by atoms with Crippen molar-refractivity contribution in [3.63, 3.8) is 0 Å². The summed E-state index contributed by atoms with van der Waals surface area (Å²) in [6.07, 6.45) is 2.37. The molecule has 0 unspecified atom stereocenters. The maximum Gasteiger partial charge on any atom is 0.229 e. The van der Waals surface area contributed by atoms with Crippen molar-refractivity contribution in [2.75, 3.05) is 30.6 Å². The number of carbonyl (C=O) groups excluding carboxylic acids is 2. The highest BCUT2D eigenvalue weighted by Crippen LogP contribution is 2.23. The third-order valence-corrected chi connectivity index (χ3v) is 5.57. The molecule has 0 atom stereocenters. The number of likely N-dealkylation sites (tertiary alicyclic amines) is 1. The van der Waals surface area contributed by atoms with Crippen LogP contribution in [0.5, 0.6) is 0 Å². The number of anilines is 1. The van der Waals surface area contributed by atoms with Gasteiger partial charge in [0.1, 0.15) is 5.82 Å². The molecule has 0 spiro atoms. The first-order valence-corrected chi connectivity index (χ1v) is 11.2. The van der Waals surface area contributed by atoms with Crippen molar-refractivity contribution >= 4 is 39.7 Å². The van der Waals surface area contributed by atoms with Crippen molar-refractivity contribution in [3.05, 3.63) is 65.5 Å². The Morgan fingerprint density at radius 2 is 1.53 bits per heavy atom. The summed E-state index contributed by atoms with van der Waals surface area (Å²) in [6, 6.07) is 11.9. The molecular weight excluding hydrogens is 431 g/mol. The van der Waals surface area contributed by atoms with Gasteiger partial charge in [0, 0.05) is 22.7 Å². The molecule has 2 aromatic rings. The Bertz CT molecular complexity index is 987. The van der Waals surface area contributed by atoms with Crippen LogP contribution < -0.4 is 4.72 Å².